The highest BCUT2D eigenvalue weighted by Crippen LogP contribution is 2.37. The number of hydrogen-bond acceptors (Lipinski definition) is 13. The number of amidine groups is 1. The Morgan fingerprint density at radius 1 is 0.865 bits per heavy atom. The van der Waals surface area contributed by atoms with E-state index in [4.69, 9.17) is 0 Å². The number of phenols is 1. The lowest BCUT2D eigenvalue weighted by atomic mass is 10.1. The molecule has 16 nitrogen and oxygen atoms in total. The zero-order chi connectivity index (χ0) is 37.5. The molecular formula is C33H29FN8O8S2. The molecule has 4 aromatic carbocycles. The lowest BCUT2D eigenvalue weighted by molar-refractivity contribution is 0.0697. The number of rotatable bonds is 13. The number of carboxylic acid groups (broad SMARTS) is 1. The molecule has 5 rings (SSSR count). The second-order valence-corrected chi connectivity index (χ2v) is 14.4. The smallest absolute Gasteiger partial charge is 0.337 e. The quantitative estimate of drug-likeness (QED) is 0.0241. The van der Waals surface area contributed by atoms with Crippen LogP contribution >= 0.6 is 0 Å². The van der Waals surface area contributed by atoms with E-state index in [1.165, 1.54) is 42.5 Å². The van der Waals surface area contributed by atoms with Crippen molar-refractivity contribution in [2.24, 2.45) is 15.3 Å². The molecule has 268 valence electrons. The van der Waals surface area contributed by atoms with Gasteiger partial charge in [0, 0.05) is 12.0 Å². The first-order valence-corrected chi connectivity index (χ1v) is 18.3. The highest BCUT2D eigenvalue weighted by atomic mass is 32.2. The maximum Gasteiger partial charge on any atom is 0.337 e. The number of carbonyl (C=O) groups is 1. The van der Waals surface area contributed by atoms with E-state index in [-0.39, 0.29) is 45.7 Å². The molecule has 0 unspecified atom stereocenters. The molecule has 0 amide bonds. The van der Waals surface area contributed by atoms with Crippen LogP contribution in [0.5, 0.6) is 5.75 Å². The van der Waals surface area contributed by atoms with Crippen molar-refractivity contribution in [2.75, 3.05) is 16.5 Å². The summed E-state index contributed by atoms with van der Waals surface area (Å²) in [7, 11) is -8.34. The molecule has 5 N–H and O–H groups in total. The van der Waals surface area contributed by atoms with Gasteiger partial charge in [-0.2, -0.15) is 32.9 Å². The van der Waals surface area contributed by atoms with Gasteiger partial charge in [0.15, 0.2) is 15.6 Å². The first-order chi connectivity index (χ1) is 24.7. The lowest BCUT2D eigenvalue weighted by Crippen LogP contribution is -2.09. The summed E-state index contributed by atoms with van der Waals surface area (Å²) < 4.78 is 73.5. The maximum atomic E-state index is 14.6. The first kappa shape index (κ1) is 37.1. The van der Waals surface area contributed by atoms with E-state index in [1.807, 2.05) is 0 Å². The minimum Gasteiger partial charge on any atom is -0.504 e. The number of nitrogens with zero attached hydrogens (tertiary/aromatic N) is 6. The molecule has 0 saturated heterocycles. The number of carboxylic acids is 1. The molecule has 19 heteroatoms. The number of benzene rings is 4. The van der Waals surface area contributed by atoms with Crippen molar-refractivity contribution in [1.29, 1.82) is 0 Å². The summed E-state index contributed by atoms with van der Waals surface area (Å²) in [5.74, 6) is -2.57. The van der Waals surface area contributed by atoms with Crippen LogP contribution in [-0.2, 0) is 26.4 Å². The van der Waals surface area contributed by atoms with Crippen molar-refractivity contribution in [3.63, 3.8) is 0 Å². The van der Waals surface area contributed by atoms with Gasteiger partial charge in [-0.15, -0.1) is 10.2 Å². The van der Waals surface area contributed by atoms with Gasteiger partial charge in [-0.25, -0.2) is 13.2 Å². The minimum atomic E-state index is -4.89. The van der Waals surface area contributed by atoms with Gasteiger partial charge in [-0.1, -0.05) is 61.5 Å². The predicted octanol–water partition coefficient (Wildman–Crippen LogP) is 5.74. The van der Waals surface area contributed by atoms with E-state index < -0.39 is 54.3 Å². The number of halogens is 1. The van der Waals surface area contributed by atoms with Crippen LogP contribution in [0.1, 0.15) is 40.7 Å². The Bertz CT molecular complexity index is 2400. The van der Waals surface area contributed by atoms with E-state index in [0.29, 0.717) is 17.5 Å². The second kappa shape index (κ2) is 15.8. The van der Waals surface area contributed by atoms with Gasteiger partial charge < -0.3 is 15.5 Å². The molecule has 52 heavy (non-hydrogen) atoms. The highest BCUT2D eigenvalue weighted by molar-refractivity contribution is 7.91. The van der Waals surface area contributed by atoms with Crippen LogP contribution in [0, 0.1) is 6.08 Å². The predicted molar refractivity (Wildman–Crippen MR) is 187 cm³/mol. The number of nitrogens with one attached hydrogen (secondary N) is 2. The van der Waals surface area contributed by atoms with E-state index >= 15 is 0 Å². The molecule has 0 radical (unpaired) electrons. The Hall–Kier alpha value is -6.18. The first-order valence-electron chi connectivity index (χ1n) is 15.2. The van der Waals surface area contributed by atoms with Crippen LogP contribution in [0.3, 0.4) is 0 Å². The number of azo groups is 1. The van der Waals surface area contributed by atoms with Crippen LogP contribution in [-0.4, -0.2) is 64.1 Å². The van der Waals surface area contributed by atoms with E-state index in [0.717, 1.165) is 12.1 Å². The lowest BCUT2D eigenvalue weighted by Gasteiger charge is -2.13. The second-order valence-electron chi connectivity index (χ2n) is 10.9. The van der Waals surface area contributed by atoms with Crippen molar-refractivity contribution >= 4 is 54.8 Å². The molecule has 5 aromatic rings. The summed E-state index contributed by atoms with van der Waals surface area (Å²) in [4.78, 5) is 22.4. The van der Waals surface area contributed by atoms with E-state index in [9.17, 15) is 40.8 Å². The topological polar surface area (TPSA) is 246 Å². The van der Waals surface area contributed by atoms with Gasteiger partial charge in [0.1, 0.15) is 17.2 Å². The fourth-order valence-electron chi connectivity index (χ4n) is 4.66. The van der Waals surface area contributed by atoms with Gasteiger partial charge in [0.2, 0.25) is 11.8 Å². The molecule has 0 fully saturated rings. The third-order valence-electron chi connectivity index (χ3n) is 7.10. The van der Waals surface area contributed by atoms with Gasteiger partial charge in [0.05, 0.1) is 26.8 Å². The van der Waals surface area contributed by atoms with Crippen LogP contribution < -0.4 is 10.7 Å². The summed E-state index contributed by atoms with van der Waals surface area (Å²) in [5, 5.41) is 35.4. The number of hydrazone groups is 1. The minimum absolute atomic E-state index is 0.0157. The number of sulfone groups is 1. The monoisotopic (exact) mass is 748 g/mol. The number of hydrogen-bond donors (Lipinski definition) is 5. The molecule has 1 aromatic heterocycles. The van der Waals surface area contributed by atoms with Crippen LogP contribution in [0.25, 0.3) is 0 Å². The molecule has 0 aliphatic carbocycles. The number of phenolic OH excluding ortho intramolecular Hbond substituents is 1. The Morgan fingerprint density at radius 3 is 2.21 bits per heavy atom. The van der Waals surface area contributed by atoms with E-state index in [1.54, 1.807) is 43.3 Å². The zero-order valence-corrected chi connectivity index (χ0v) is 28.7. The standard InChI is InChI=1S/C33H29FN8O8S2/c1-2-16-51(46,47)22-14-12-20(13-15-22)17-28-36-32(34)38-33(37-28)35-26-18-23(52(48,49)50)19-27(29(26)43)40-42-30(21-8-4-3-5-9-21)41-39-25-11-7-6-10-24(25)31(44)45/h3-15,18-19,40,43H,2,16-17H2,1H3,(H,44,45)(H,48,49,50)(H,35,36,37,38). The van der Waals surface area contributed by atoms with Gasteiger partial charge in [0.25, 0.3) is 10.1 Å². The normalized spacial score (nSPS) is 12.2. The molecule has 0 spiro atoms. The van der Waals surface area contributed by atoms with Crippen molar-refractivity contribution in [1.82, 2.24) is 15.0 Å². The van der Waals surface area contributed by atoms with Crippen LogP contribution in [0.2, 0.25) is 0 Å². The van der Waals surface area contributed by atoms with Gasteiger partial charge >= 0.3 is 12.0 Å². The number of aromatic hydroxyl groups is 1. The summed E-state index contributed by atoms with van der Waals surface area (Å²) in [5.41, 5.74) is 2.54. The maximum absolute atomic E-state index is 14.6. The van der Waals surface area contributed by atoms with Crippen molar-refractivity contribution < 1.29 is 40.8 Å². The Morgan fingerprint density at radius 2 is 1.54 bits per heavy atom. The fourth-order valence-corrected chi connectivity index (χ4v) is 6.51. The average molecular weight is 749 g/mol. The number of aromatic nitrogens is 3. The van der Waals surface area contributed by atoms with Gasteiger partial charge in [-0.3, -0.25) is 9.98 Å². The average Bonchev–Trinajstić information content (AvgIpc) is 3.09. The molecule has 0 bridgehead atoms. The molecule has 0 atom stereocenters. The summed E-state index contributed by atoms with van der Waals surface area (Å²) in [6.45, 7) is 1.75. The summed E-state index contributed by atoms with van der Waals surface area (Å²) in [6, 6.07) is 21.7. The Balaban J connectivity index is 1.47. The zero-order valence-electron chi connectivity index (χ0n) is 27.0. The third-order valence-corrected chi connectivity index (χ3v) is 9.87. The van der Waals surface area contributed by atoms with Crippen LogP contribution in [0.15, 0.2) is 116 Å². The van der Waals surface area contributed by atoms with Crippen molar-refractivity contribution in [3.8, 4) is 5.75 Å². The van der Waals surface area contributed by atoms with Crippen molar-refractivity contribution in [3.05, 3.63) is 120 Å². The van der Waals surface area contributed by atoms with Crippen molar-refractivity contribution in [2.45, 2.75) is 29.6 Å². The van der Waals surface area contributed by atoms with Crippen LogP contribution in [0.4, 0.5) is 27.4 Å². The summed E-state index contributed by atoms with van der Waals surface area (Å²) >= 11 is 0. The van der Waals surface area contributed by atoms with E-state index in [2.05, 4.69) is 41.0 Å². The fraction of sp³-hybridized carbons (Fsp3) is 0.121. The highest BCUT2D eigenvalue weighted by Gasteiger charge is 2.20. The SMILES string of the molecule is CCCS(=O)(=O)c1ccc(Cc2nc(F)nc(Nc3cc(S(=O)(=O)O)cc(NN=C(N=Nc4ccccc4C(=O)O)c4ccccc4)c3O)n2)cc1. The summed E-state index contributed by atoms with van der Waals surface area (Å²) in [6.07, 6.45) is -0.816. The number of aromatic carboxylic acids is 1. The molecule has 0 aliphatic rings. The largest absolute Gasteiger partial charge is 0.504 e. The number of anilines is 3. The molecule has 0 saturated carbocycles. The Kier molecular flexibility index (Phi) is 11.3. The Labute approximate surface area is 296 Å². The third kappa shape index (κ3) is 9.33. The van der Waals surface area contributed by atoms with Gasteiger partial charge in [-0.05, 0) is 48.4 Å². The molecule has 0 aliphatic heterocycles. The molecular weight excluding hydrogens is 720 g/mol. The molecule has 1 heterocycles.